The van der Waals surface area contributed by atoms with Crippen LogP contribution in [0.2, 0.25) is 0 Å². The standard InChI is InChI=1S/C20H36N8O6/c1-10(2)15(28-16(30)11-5-3-7-24-11)18(32)27-13(9-14(21)29)17(31)26-12(19(33)34)6-4-8-25-20(22)23/h10-13,15,24H,3-9H2,1-2H3,(H2,21,29)(H,26,31)(H,27,32)(H,28,30)(H,33,34)(H4,22,23,25). The quantitative estimate of drug-likeness (QED) is 0.0704. The van der Waals surface area contributed by atoms with Crippen molar-refractivity contribution in [3.05, 3.63) is 0 Å². The predicted octanol–water partition coefficient (Wildman–Crippen LogP) is -3.14. The number of nitrogens with one attached hydrogen (secondary N) is 4. The maximum absolute atomic E-state index is 12.9. The number of hydrogen-bond acceptors (Lipinski definition) is 7. The highest BCUT2D eigenvalue weighted by Gasteiger charge is 2.33. The average molecular weight is 485 g/mol. The third kappa shape index (κ3) is 10.0. The largest absolute Gasteiger partial charge is 0.480 e. The average Bonchev–Trinajstić information content (AvgIpc) is 3.27. The van der Waals surface area contributed by atoms with Gasteiger partial charge in [0.05, 0.1) is 12.5 Å². The molecule has 1 rings (SSSR count). The lowest BCUT2D eigenvalue weighted by atomic mass is 10.0. The van der Waals surface area contributed by atoms with E-state index in [9.17, 15) is 29.1 Å². The van der Waals surface area contributed by atoms with Crippen LogP contribution >= 0.6 is 0 Å². The van der Waals surface area contributed by atoms with E-state index < -0.39 is 54.3 Å². The van der Waals surface area contributed by atoms with Gasteiger partial charge in [0.25, 0.3) is 0 Å². The number of carboxylic acids is 1. The molecule has 0 bridgehead atoms. The molecule has 0 aromatic rings. The molecular formula is C20H36N8O6. The summed E-state index contributed by atoms with van der Waals surface area (Å²) in [4.78, 5) is 64.9. The molecule has 0 saturated carbocycles. The zero-order valence-electron chi connectivity index (χ0n) is 19.5. The van der Waals surface area contributed by atoms with Crippen molar-refractivity contribution in [2.75, 3.05) is 13.1 Å². The number of carboxylic acid groups (broad SMARTS) is 1. The molecule has 34 heavy (non-hydrogen) atoms. The first-order chi connectivity index (χ1) is 15.9. The Morgan fingerprint density at radius 1 is 1.03 bits per heavy atom. The Hall–Kier alpha value is -3.42. The Labute approximate surface area is 197 Å². The summed E-state index contributed by atoms with van der Waals surface area (Å²) in [5, 5.41) is 19.8. The molecule has 1 fully saturated rings. The van der Waals surface area contributed by atoms with Crippen molar-refractivity contribution in [2.24, 2.45) is 28.1 Å². The van der Waals surface area contributed by atoms with Gasteiger partial charge in [-0.15, -0.1) is 0 Å². The SMILES string of the molecule is CC(C)C(NC(=O)C1CCCN1)C(=O)NC(CC(N)=O)C(=O)NC(CCCN=C(N)N)C(=O)O. The summed E-state index contributed by atoms with van der Waals surface area (Å²) >= 11 is 0. The number of nitrogens with two attached hydrogens (primary N) is 3. The summed E-state index contributed by atoms with van der Waals surface area (Å²) in [6.45, 7) is 4.29. The molecule has 0 aromatic carbocycles. The summed E-state index contributed by atoms with van der Waals surface area (Å²) < 4.78 is 0. The molecule has 0 aromatic heterocycles. The van der Waals surface area contributed by atoms with Gasteiger partial charge < -0.3 is 43.6 Å². The number of nitrogens with zero attached hydrogens (tertiary/aromatic N) is 1. The fourth-order valence-electron chi connectivity index (χ4n) is 3.40. The normalized spacial score (nSPS) is 17.8. The molecular weight excluding hydrogens is 448 g/mol. The van der Waals surface area contributed by atoms with Crippen LogP contribution in [0.4, 0.5) is 0 Å². The first-order valence-electron chi connectivity index (χ1n) is 11.1. The van der Waals surface area contributed by atoms with Crippen LogP contribution < -0.4 is 38.5 Å². The molecule has 11 N–H and O–H groups in total. The molecule has 4 unspecified atom stereocenters. The number of guanidine groups is 1. The smallest absolute Gasteiger partial charge is 0.326 e. The molecule has 0 spiro atoms. The minimum absolute atomic E-state index is 0.00809. The van der Waals surface area contributed by atoms with Gasteiger partial charge in [-0.3, -0.25) is 24.2 Å². The van der Waals surface area contributed by atoms with Crippen molar-refractivity contribution in [1.82, 2.24) is 21.3 Å². The van der Waals surface area contributed by atoms with Crippen LogP contribution in [0.5, 0.6) is 0 Å². The van der Waals surface area contributed by atoms with Gasteiger partial charge in [0.2, 0.25) is 23.6 Å². The zero-order valence-corrected chi connectivity index (χ0v) is 19.5. The van der Waals surface area contributed by atoms with Crippen LogP contribution in [0.25, 0.3) is 0 Å². The maximum Gasteiger partial charge on any atom is 0.326 e. The number of rotatable bonds is 14. The van der Waals surface area contributed by atoms with E-state index in [0.717, 1.165) is 6.42 Å². The van der Waals surface area contributed by atoms with Crippen LogP contribution in [0, 0.1) is 5.92 Å². The Bertz CT molecular complexity index is 777. The summed E-state index contributed by atoms with van der Waals surface area (Å²) in [5.74, 6) is -4.58. The Kier molecular flexibility index (Phi) is 11.8. The van der Waals surface area contributed by atoms with Crippen LogP contribution in [0.3, 0.4) is 0 Å². The lowest BCUT2D eigenvalue weighted by Gasteiger charge is -2.26. The van der Waals surface area contributed by atoms with Crippen molar-refractivity contribution in [3.8, 4) is 0 Å². The van der Waals surface area contributed by atoms with E-state index in [1.165, 1.54) is 0 Å². The van der Waals surface area contributed by atoms with E-state index >= 15 is 0 Å². The van der Waals surface area contributed by atoms with Crippen LogP contribution in [0.1, 0.15) is 46.0 Å². The van der Waals surface area contributed by atoms with E-state index in [4.69, 9.17) is 17.2 Å². The van der Waals surface area contributed by atoms with E-state index in [-0.39, 0.29) is 37.2 Å². The lowest BCUT2D eigenvalue weighted by Crippen LogP contribution is -2.58. The number of aliphatic imine (C=N–C) groups is 1. The highest BCUT2D eigenvalue weighted by Crippen LogP contribution is 2.09. The summed E-state index contributed by atoms with van der Waals surface area (Å²) in [7, 11) is 0. The number of carbonyl (C=O) groups is 5. The molecule has 1 heterocycles. The van der Waals surface area contributed by atoms with Gasteiger partial charge in [-0.1, -0.05) is 13.8 Å². The van der Waals surface area contributed by atoms with Gasteiger partial charge in [0, 0.05) is 6.54 Å². The molecule has 1 aliphatic heterocycles. The molecule has 1 aliphatic rings. The molecule has 4 atom stereocenters. The summed E-state index contributed by atoms with van der Waals surface area (Å²) in [6, 6.07) is -4.11. The van der Waals surface area contributed by atoms with E-state index in [1.807, 2.05) is 0 Å². The first-order valence-corrected chi connectivity index (χ1v) is 11.1. The fourth-order valence-corrected chi connectivity index (χ4v) is 3.40. The number of hydrogen-bond donors (Lipinski definition) is 8. The Morgan fingerprint density at radius 3 is 2.18 bits per heavy atom. The molecule has 4 amide bonds. The lowest BCUT2D eigenvalue weighted by molar-refractivity contribution is -0.142. The minimum Gasteiger partial charge on any atom is -0.480 e. The fraction of sp³-hybridized carbons (Fsp3) is 0.700. The second kappa shape index (κ2) is 14.0. The van der Waals surface area contributed by atoms with Crippen LogP contribution in [0.15, 0.2) is 4.99 Å². The van der Waals surface area contributed by atoms with E-state index in [0.29, 0.717) is 13.0 Å². The maximum atomic E-state index is 12.9. The number of aliphatic carboxylic acids is 1. The summed E-state index contributed by atoms with van der Waals surface area (Å²) in [6.07, 6.45) is 1.20. The topological polar surface area (TPSA) is 244 Å². The van der Waals surface area contributed by atoms with Crippen molar-refractivity contribution in [2.45, 2.75) is 70.1 Å². The second-order valence-electron chi connectivity index (χ2n) is 8.46. The molecule has 1 saturated heterocycles. The molecule has 14 nitrogen and oxygen atoms in total. The van der Waals surface area contributed by atoms with Gasteiger partial charge in [-0.05, 0) is 38.1 Å². The van der Waals surface area contributed by atoms with Gasteiger partial charge in [-0.25, -0.2) is 4.79 Å². The predicted molar refractivity (Wildman–Crippen MR) is 123 cm³/mol. The molecule has 0 radical (unpaired) electrons. The third-order valence-corrected chi connectivity index (χ3v) is 5.22. The zero-order chi connectivity index (χ0) is 25.8. The van der Waals surface area contributed by atoms with Gasteiger partial charge in [0.15, 0.2) is 5.96 Å². The van der Waals surface area contributed by atoms with Crippen molar-refractivity contribution < 1.29 is 29.1 Å². The Balaban J connectivity index is 2.85. The number of amides is 4. The summed E-state index contributed by atoms with van der Waals surface area (Å²) in [5.41, 5.74) is 15.7. The molecule has 0 aliphatic carbocycles. The van der Waals surface area contributed by atoms with Crippen molar-refractivity contribution >= 4 is 35.6 Å². The second-order valence-corrected chi connectivity index (χ2v) is 8.46. The van der Waals surface area contributed by atoms with Gasteiger partial charge in [-0.2, -0.15) is 0 Å². The van der Waals surface area contributed by atoms with E-state index in [2.05, 4.69) is 26.3 Å². The van der Waals surface area contributed by atoms with Gasteiger partial charge >= 0.3 is 5.97 Å². The van der Waals surface area contributed by atoms with Crippen molar-refractivity contribution in [1.29, 1.82) is 0 Å². The van der Waals surface area contributed by atoms with Crippen molar-refractivity contribution in [3.63, 3.8) is 0 Å². The number of carbonyl (C=O) groups excluding carboxylic acids is 4. The first kappa shape index (κ1) is 28.6. The highest BCUT2D eigenvalue weighted by molar-refractivity contribution is 5.96. The van der Waals surface area contributed by atoms with Crippen LogP contribution in [-0.2, 0) is 24.0 Å². The third-order valence-electron chi connectivity index (χ3n) is 5.22. The minimum atomic E-state index is -1.42. The monoisotopic (exact) mass is 484 g/mol. The highest BCUT2D eigenvalue weighted by atomic mass is 16.4. The van der Waals surface area contributed by atoms with Gasteiger partial charge in [0.1, 0.15) is 18.1 Å². The van der Waals surface area contributed by atoms with Crippen LogP contribution in [-0.4, -0.2) is 77.9 Å². The molecule has 14 heteroatoms. The molecule has 192 valence electrons. The Morgan fingerprint density at radius 2 is 1.68 bits per heavy atom. The van der Waals surface area contributed by atoms with E-state index in [1.54, 1.807) is 13.8 Å². The number of primary amides is 1.